The molecule has 4 nitrogen and oxygen atoms in total. The Morgan fingerprint density at radius 2 is 2.00 bits per heavy atom. The van der Waals surface area contributed by atoms with E-state index in [1.807, 2.05) is 23.0 Å². The summed E-state index contributed by atoms with van der Waals surface area (Å²) in [6.07, 6.45) is 9.07. The van der Waals surface area contributed by atoms with E-state index in [1.165, 1.54) is 36.8 Å². The number of hydrogen-bond acceptors (Lipinski definition) is 3. The smallest absolute Gasteiger partial charge is 0.126 e. The van der Waals surface area contributed by atoms with Crippen LogP contribution in [0.25, 0.3) is 16.6 Å². The second-order valence-corrected chi connectivity index (χ2v) is 7.00. The maximum atomic E-state index is 4.80. The van der Waals surface area contributed by atoms with Crippen LogP contribution in [-0.4, -0.2) is 20.6 Å². The third kappa shape index (κ3) is 2.77. The summed E-state index contributed by atoms with van der Waals surface area (Å²) in [5, 5.41) is 8.40. The predicted octanol–water partition coefficient (Wildman–Crippen LogP) is 4.87. The molecule has 0 spiro atoms. The molecule has 0 aromatic carbocycles. The first-order valence-corrected chi connectivity index (χ1v) is 8.92. The van der Waals surface area contributed by atoms with Crippen molar-refractivity contribution in [3.05, 3.63) is 48.4 Å². The Hall–Kier alpha value is -2.36. The van der Waals surface area contributed by atoms with Gasteiger partial charge in [-0.25, -0.2) is 9.50 Å². The van der Waals surface area contributed by atoms with Crippen molar-refractivity contribution in [1.29, 1.82) is 0 Å². The Bertz CT molecular complexity index is 844. The van der Waals surface area contributed by atoms with E-state index in [-0.39, 0.29) is 0 Å². The summed E-state index contributed by atoms with van der Waals surface area (Å²) in [5.74, 6) is 1.35. The van der Waals surface area contributed by atoms with Crippen molar-refractivity contribution < 1.29 is 0 Å². The number of aromatic nitrogens is 3. The van der Waals surface area contributed by atoms with Crippen LogP contribution in [0.1, 0.15) is 51.1 Å². The minimum absolute atomic E-state index is 0.374. The Morgan fingerprint density at radius 3 is 2.79 bits per heavy atom. The number of anilines is 1. The molecule has 1 N–H and O–H groups in total. The van der Waals surface area contributed by atoms with Crippen molar-refractivity contribution in [2.24, 2.45) is 0 Å². The van der Waals surface area contributed by atoms with E-state index in [0.29, 0.717) is 12.0 Å². The number of pyridine rings is 2. The second kappa shape index (κ2) is 6.27. The molecule has 1 aliphatic carbocycles. The van der Waals surface area contributed by atoms with Crippen LogP contribution in [0.4, 0.5) is 5.82 Å². The first kappa shape index (κ1) is 15.2. The lowest BCUT2D eigenvalue weighted by Gasteiger charge is -2.14. The Labute approximate surface area is 142 Å². The largest absolute Gasteiger partial charge is 0.367 e. The SMILES string of the molecule is CC(C)c1nn2ccccc2c1-c1ccnc(NC2CCCC2)c1. The summed E-state index contributed by atoms with van der Waals surface area (Å²) >= 11 is 0. The lowest BCUT2D eigenvalue weighted by Crippen LogP contribution is -2.15. The average Bonchev–Trinajstić information content (AvgIpc) is 3.22. The van der Waals surface area contributed by atoms with Crippen LogP contribution in [0.15, 0.2) is 42.7 Å². The highest BCUT2D eigenvalue weighted by atomic mass is 15.2. The van der Waals surface area contributed by atoms with Crippen LogP contribution >= 0.6 is 0 Å². The van der Waals surface area contributed by atoms with Crippen LogP contribution in [0.5, 0.6) is 0 Å². The van der Waals surface area contributed by atoms with Gasteiger partial charge in [-0.05, 0) is 48.6 Å². The number of nitrogens with zero attached hydrogens (tertiary/aromatic N) is 3. The second-order valence-electron chi connectivity index (χ2n) is 7.00. The maximum Gasteiger partial charge on any atom is 0.126 e. The number of fused-ring (bicyclic) bond motifs is 1. The summed E-state index contributed by atoms with van der Waals surface area (Å²) in [7, 11) is 0. The van der Waals surface area contributed by atoms with Crippen LogP contribution in [-0.2, 0) is 0 Å². The van der Waals surface area contributed by atoms with E-state index >= 15 is 0 Å². The quantitative estimate of drug-likeness (QED) is 0.745. The molecular formula is C20H24N4. The molecule has 24 heavy (non-hydrogen) atoms. The van der Waals surface area contributed by atoms with Gasteiger partial charge in [0.2, 0.25) is 0 Å². The van der Waals surface area contributed by atoms with Crippen molar-refractivity contribution in [2.75, 3.05) is 5.32 Å². The Balaban J connectivity index is 1.78. The third-order valence-corrected chi connectivity index (χ3v) is 4.87. The number of hydrogen-bond donors (Lipinski definition) is 1. The molecule has 3 heterocycles. The minimum atomic E-state index is 0.374. The molecule has 0 radical (unpaired) electrons. The maximum absolute atomic E-state index is 4.80. The van der Waals surface area contributed by atoms with E-state index < -0.39 is 0 Å². The van der Waals surface area contributed by atoms with E-state index in [4.69, 9.17) is 5.10 Å². The van der Waals surface area contributed by atoms with Gasteiger partial charge >= 0.3 is 0 Å². The summed E-state index contributed by atoms with van der Waals surface area (Å²) in [6.45, 7) is 4.40. The molecule has 3 aromatic rings. The molecule has 1 fully saturated rings. The van der Waals surface area contributed by atoms with Gasteiger partial charge in [-0.15, -0.1) is 0 Å². The first-order valence-electron chi connectivity index (χ1n) is 8.92. The van der Waals surface area contributed by atoms with Crippen LogP contribution in [0.3, 0.4) is 0 Å². The molecule has 0 amide bonds. The standard InChI is InChI=1S/C20H24N4/c1-14(2)20-19(17-9-5-6-12-24(17)23-20)15-10-11-21-18(13-15)22-16-7-3-4-8-16/h5-6,9-14,16H,3-4,7-8H2,1-2H3,(H,21,22). The fourth-order valence-electron chi connectivity index (χ4n) is 3.66. The van der Waals surface area contributed by atoms with Gasteiger partial charge in [-0.2, -0.15) is 5.10 Å². The molecule has 124 valence electrons. The normalized spacial score (nSPS) is 15.5. The highest BCUT2D eigenvalue weighted by molar-refractivity contribution is 5.83. The van der Waals surface area contributed by atoms with Gasteiger partial charge in [0.15, 0.2) is 0 Å². The zero-order valence-corrected chi connectivity index (χ0v) is 14.4. The number of rotatable bonds is 4. The zero-order valence-electron chi connectivity index (χ0n) is 14.4. The van der Waals surface area contributed by atoms with Gasteiger partial charge in [0.1, 0.15) is 5.82 Å². The summed E-state index contributed by atoms with van der Waals surface area (Å²) < 4.78 is 1.98. The molecule has 3 aromatic heterocycles. The molecule has 1 aliphatic rings. The summed E-state index contributed by atoms with van der Waals surface area (Å²) in [4.78, 5) is 4.53. The first-order chi connectivity index (χ1) is 11.7. The van der Waals surface area contributed by atoms with Crippen LogP contribution in [0.2, 0.25) is 0 Å². The number of nitrogens with one attached hydrogen (secondary N) is 1. The molecular weight excluding hydrogens is 296 g/mol. The van der Waals surface area contributed by atoms with Crippen LogP contribution < -0.4 is 5.32 Å². The lowest BCUT2D eigenvalue weighted by atomic mass is 9.99. The van der Waals surface area contributed by atoms with E-state index in [1.54, 1.807) is 0 Å². The third-order valence-electron chi connectivity index (χ3n) is 4.87. The van der Waals surface area contributed by atoms with Crippen molar-refractivity contribution in [2.45, 2.75) is 51.5 Å². The lowest BCUT2D eigenvalue weighted by molar-refractivity contribution is 0.750. The van der Waals surface area contributed by atoms with Gasteiger partial charge in [0.05, 0.1) is 11.2 Å². The van der Waals surface area contributed by atoms with Crippen molar-refractivity contribution in [3.8, 4) is 11.1 Å². The molecule has 0 aliphatic heterocycles. The molecule has 4 heteroatoms. The van der Waals surface area contributed by atoms with E-state index in [2.05, 4.69) is 48.4 Å². The molecule has 4 rings (SSSR count). The predicted molar refractivity (Wildman–Crippen MR) is 98.4 cm³/mol. The summed E-state index contributed by atoms with van der Waals surface area (Å²) in [5.41, 5.74) is 4.70. The molecule has 0 bridgehead atoms. The molecule has 0 atom stereocenters. The average molecular weight is 320 g/mol. The molecule has 1 saturated carbocycles. The van der Waals surface area contributed by atoms with Crippen molar-refractivity contribution in [1.82, 2.24) is 14.6 Å². The Morgan fingerprint density at radius 1 is 1.17 bits per heavy atom. The Kier molecular flexibility index (Phi) is 3.97. The summed E-state index contributed by atoms with van der Waals surface area (Å²) in [6, 6.07) is 11.1. The van der Waals surface area contributed by atoms with E-state index in [0.717, 1.165) is 17.0 Å². The topological polar surface area (TPSA) is 42.2 Å². The molecule has 0 unspecified atom stereocenters. The zero-order chi connectivity index (χ0) is 16.5. The fourth-order valence-corrected chi connectivity index (χ4v) is 3.66. The van der Waals surface area contributed by atoms with Crippen molar-refractivity contribution in [3.63, 3.8) is 0 Å². The highest BCUT2D eigenvalue weighted by Crippen LogP contribution is 2.33. The van der Waals surface area contributed by atoms with Crippen LogP contribution in [0, 0.1) is 0 Å². The highest BCUT2D eigenvalue weighted by Gasteiger charge is 2.19. The minimum Gasteiger partial charge on any atom is -0.367 e. The van der Waals surface area contributed by atoms with Gasteiger partial charge in [-0.3, -0.25) is 0 Å². The van der Waals surface area contributed by atoms with Gasteiger partial charge < -0.3 is 5.32 Å². The van der Waals surface area contributed by atoms with Gasteiger partial charge in [-0.1, -0.05) is 32.8 Å². The van der Waals surface area contributed by atoms with Gasteiger partial charge in [0, 0.05) is 24.0 Å². The molecule has 0 saturated heterocycles. The van der Waals surface area contributed by atoms with E-state index in [9.17, 15) is 0 Å². The van der Waals surface area contributed by atoms with Crippen molar-refractivity contribution >= 4 is 11.3 Å². The fraction of sp³-hybridized carbons (Fsp3) is 0.400. The van der Waals surface area contributed by atoms with Gasteiger partial charge in [0.25, 0.3) is 0 Å². The monoisotopic (exact) mass is 320 g/mol.